The van der Waals surface area contributed by atoms with E-state index in [1.807, 2.05) is 30.3 Å². The first-order valence-corrected chi connectivity index (χ1v) is 6.88. The Kier molecular flexibility index (Phi) is 4.80. The van der Waals surface area contributed by atoms with Crippen molar-refractivity contribution in [3.05, 3.63) is 30.3 Å². The molecule has 0 bridgehead atoms. The number of nitrogens with zero attached hydrogens (tertiary/aromatic N) is 1. The minimum Gasteiger partial charge on any atom is -0.492 e. The molecule has 0 radical (unpaired) electrons. The standard InChI is InChI=1S/C15H22N2O2/c1-12-7-8-13(15(16)18)11-17(12)9-10-19-14-5-3-2-4-6-14/h2-6,12-13H,7-11H2,1H3,(H2,16,18)/t12-,13+/m0/s1. The fraction of sp³-hybridized carbons (Fsp3) is 0.533. The average Bonchev–Trinajstić information content (AvgIpc) is 2.42. The maximum Gasteiger partial charge on any atom is 0.221 e. The summed E-state index contributed by atoms with van der Waals surface area (Å²) in [4.78, 5) is 13.6. The lowest BCUT2D eigenvalue weighted by Gasteiger charge is -2.36. The third-order valence-corrected chi connectivity index (χ3v) is 3.80. The molecule has 0 spiro atoms. The Morgan fingerprint density at radius 3 is 2.79 bits per heavy atom. The number of amides is 1. The zero-order valence-corrected chi connectivity index (χ0v) is 11.4. The fourth-order valence-electron chi connectivity index (χ4n) is 2.52. The van der Waals surface area contributed by atoms with Gasteiger partial charge in [-0.2, -0.15) is 0 Å². The van der Waals surface area contributed by atoms with E-state index in [2.05, 4.69) is 11.8 Å². The molecule has 2 rings (SSSR count). The quantitative estimate of drug-likeness (QED) is 0.878. The molecular formula is C15H22N2O2. The van der Waals surface area contributed by atoms with E-state index in [4.69, 9.17) is 10.5 Å². The molecular weight excluding hydrogens is 240 g/mol. The summed E-state index contributed by atoms with van der Waals surface area (Å²) < 4.78 is 5.69. The number of hydrogen-bond donors (Lipinski definition) is 1. The minimum absolute atomic E-state index is 0.00655. The van der Waals surface area contributed by atoms with Crippen LogP contribution in [0.4, 0.5) is 0 Å². The van der Waals surface area contributed by atoms with Gasteiger partial charge in [-0.25, -0.2) is 0 Å². The molecule has 4 nitrogen and oxygen atoms in total. The van der Waals surface area contributed by atoms with Crippen molar-refractivity contribution in [1.82, 2.24) is 4.90 Å². The average molecular weight is 262 g/mol. The van der Waals surface area contributed by atoms with E-state index in [0.29, 0.717) is 12.6 Å². The number of primary amides is 1. The molecule has 1 fully saturated rings. The Morgan fingerprint density at radius 1 is 1.37 bits per heavy atom. The van der Waals surface area contributed by atoms with E-state index in [1.54, 1.807) is 0 Å². The SMILES string of the molecule is C[C@H]1CC[C@@H](C(N)=O)CN1CCOc1ccccc1. The lowest BCUT2D eigenvalue weighted by Crippen LogP contribution is -2.47. The van der Waals surface area contributed by atoms with Gasteiger partial charge in [0.25, 0.3) is 0 Å². The number of ether oxygens (including phenoxy) is 1. The lowest BCUT2D eigenvalue weighted by molar-refractivity contribution is -0.124. The van der Waals surface area contributed by atoms with E-state index in [1.165, 1.54) is 0 Å². The Bertz CT molecular complexity index is 408. The van der Waals surface area contributed by atoms with Crippen LogP contribution in [0.3, 0.4) is 0 Å². The zero-order chi connectivity index (χ0) is 13.7. The van der Waals surface area contributed by atoms with Gasteiger partial charge in [0, 0.05) is 19.1 Å². The monoisotopic (exact) mass is 262 g/mol. The summed E-state index contributed by atoms with van der Waals surface area (Å²) in [5, 5.41) is 0. The van der Waals surface area contributed by atoms with Crippen LogP contribution in [0.2, 0.25) is 0 Å². The molecule has 1 aromatic rings. The van der Waals surface area contributed by atoms with Gasteiger partial charge in [-0.15, -0.1) is 0 Å². The van der Waals surface area contributed by atoms with Gasteiger partial charge in [0.1, 0.15) is 12.4 Å². The van der Waals surface area contributed by atoms with E-state index >= 15 is 0 Å². The normalized spacial score (nSPS) is 24.1. The van der Waals surface area contributed by atoms with Crippen molar-refractivity contribution >= 4 is 5.91 Å². The van der Waals surface area contributed by atoms with Crippen LogP contribution in [0, 0.1) is 5.92 Å². The first kappa shape index (κ1) is 13.9. The highest BCUT2D eigenvalue weighted by molar-refractivity contribution is 5.76. The number of benzene rings is 1. The van der Waals surface area contributed by atoms with Gasteiger partial charge in [0.05, 0.1) is 5.92 Å². The molecule has 1 aromatic carbocycles. The molecule has 1 amide bonds. The summed E-state index contributed by atoms with van der Waals surface area (Å²) >= 11 is 0. The Labute approximate surface area is 114 Å². The van der Waals surface area contributed by atoms with Gasteiger partial charge in [0.15, 0.2) is 0 Å². The van der Waals surface area contributed by atoms with Crippen LogP contribution < -0.4 is 10.5 Å². The number of piperidine rings is 1. The number of carbonyl (C=O) groups excluding carboxylic acids is 1. The zero-order valence-electron chi connectivity index (χ0n) is 11.4. The van der Waals surface area contributed by atoms with Crippen LogP contribution >= 0.6 is 0 Å². The molecule has 0 aliphatic carbocycles. The van der Waals surface area contributed by atoms with Crippen LogP contribution in [0.25, 0.3) is 0 Å². The first-order chi connectivity index (χ1) is 9.16. The molecule has 1 aliphatic rings. The molecule has 0 unspecified atom stereocenters. The van der Waals surface area contributed by atoms with Gasteiger partial charge >= 0.3 is 0 Å². The Hall–Kier alpha value is -1.55. The van der Waals surface area contributed by atoms with Gasteiger partial charge in [-0.1, -0.05) is 18.2 Å². The van der Waals surface area contributed by atoms with Crippen molar-refractivity contribution in [3.63, 3.8) is 0 Å². The Morgan fingerprint density at radius 2 is 2.11 bits per heavy atom. The number of para-hydroxylation sites is 1. The van der Waals surface area contributed by atoms with Crippen molar-refractivity contribution in [2.45, 2.75) is 25.8 Å². The summed E-state index contributed by atoms with van der Waals surface area (Å²) in [5.74, 6) is 0.701. The van der Waals surface area contributed by atoms with Gasteiger partial charge in [-0.05, 0) is 31.9 Å². The smallest absolute Gasteiger partial charge is 0.221 e. The maximum atomic E-state index is 11.3. The Balaban J connectivity index is 1.79. The summed E-state index contributed by atoms with van der Waals surface area (Å²) in [6.45, 7) is 4.42. The summed E-state index contributed by atoms with van der Waals surface area (Å²) in [6, 6.07) is 10.3. The molecule has 1 saturated heterocycles. The minimum atomic E-state index is -0.180. The molecule has 104 valence electrons. The third kappa shape index (κ3) is 3.96. The second-order valence-corrected chi connectivity index (χ2v) is 5.18. The molecule has 0 aromatic heterocycles. The molecule has 4 heteroatoms. The summed E-state index contributed by atoms with van der Waals surface area (Å²) in [5.41, 5.74) is 5.40. The van der Waals surface area contributed by atoms with Crippen LogP contribution in [-0.2, 0) is 4.79 Å². The van der Waals surface area contributed by atoms with Gasteiger partial charge < -0.3 is 10.5 Å². The van der Waals surface area contributed by atoms with Crippen LogP contribution in [0.15, 0.2) is 30.3 Å². The van der Waals surface area contributed by atoms with E-state index < -0.39 is 0 Å². The van der Waals surface area contributed by atoms with Crippen LogP contribution in [-0.4, -0.2) is 36.5 Å². The third-order valence-electron chi connectivity index (χ3n) is 3.80. The number of carbonyl (C=O) groups is 1. The first-order valence-electron chi connectivity index (χ1n) is 6.88. The van der Waals surface area contributed by atoms with E-state index in [0.717, 1.165) is 31.7 Å². The van der Waals surface area contributed by atoms with Gasteiger partial charge in [-0.3, -0.25) is 9.69 Å². The van der Waals surface area contributed by atoms with Crippen molar-refractivity contribution < 1.29 is 9.53 Å². The highest BCUT2D eigenvalue weighted by Gasteiger charge is 2.28. The van der Waals surface area contributed by atoms with Crippen molar-refractivity contribution in [1.29, 1.82) is 0 Å². The maximum absolute atomic E-state index is 11.3. The number of rotatable bonds is 5. The molecule has 1 aliphatic heterocycles. The van der Waals surface area contributed by atoms with E-state index in [9.17, 15) is 4.79 Å². The van der Waals surface area contributed by atoms with Crippen LogP contribution in [0.5, 0.6) is 5.75 Å². The molecule has 19 heavy (non-hydrogen) atoms. The number of nitrogens with two attached hydrogens (primary N) is 1. The predicted molar refractivity (Wildman–Crippen MR) is 74.9 cm³/mol. The predicted octanol–water partition coefficient (Wildman–Crippen LogP) is 1.65. The number of hydrogen-bond acceptors (Lipinski definition) is 3. The number of likely N-dealkylation sites (tertiary alicyclic amines) is 1. The fourth-order valence-corrected chi connectivity index (χ4v) is 2.52. The van der Waals surface area contributed by atoms with Crippen molar-refractivity contribution in [3.8, 4) is 5.75 Å². The van der Waals surface area contributed by atoms with Gasteiger partial charge in [0.2, 0.25) is 5.91 Å². The van der Waals surface area contributed by atoms with Crippen LogP contribution in [0.1, 0.15) is 19.8 Å². The molecule has 1 heterocycles. The van der Waals surface area contributed by atoms with Crippen molar-refractivity contribution in [2.75, 3.05) is 19.7 Å². The topological polar surface area (TPSA) is 55.6 Å². The van der Waals surface area contributed by atoms with Crippen molar-refractivity contribution in [2.24, 2.45) is 11.7 Å². The highest BCUT2D eigenvalue weighted by Crippen LogP contribution is 2.21. The second kappa shape index (κ2) is 6.57. The molecule has 0 saturated carbocycles. The highest BCUT2D eigenvalue weighted by atomic mass is 16.5. The summed E-state index contributed by atoms with van der Waals surface area (Å²) in [6.07, 6.45) is 1.94. The van der Waals surface area contributed by atoms with E-state index in [-0.39, 0.29) is 11.8 Å². The largest absolute Gasteiger partial charge is 0.492 e. The summed E-state index contributed by atoms with van der Waals surface area (Å²) in [7, 11) is 0. The second-order valence-electron chi connectivity index (χ2n) is 5.18. The lowest BCUT2D eigenvalue weighted by atomic mass is 9.93. The molecule has 2 atom stereocenters. The molecule has 2 N–H and O–H groups in total.